The first-order chi connectivity index (χ1) is 7.87. The van der Waals surface area contributed by atoms with Gasteiger partial charge in [-0.05, 0) is 24.8 Å². The number of benzene rings is 1. The molecule has 1 fully saturated rings. The third kappa shape index (κ3) is 1.50. The van der Waals surface area contributed by atoms with Crippen LogP contribution in [0.25, 0.3) is 0 Å². The molecule has 4 heteroatoms. The van der Waals surface area contributed by atoms with E-state index in [-0.39, 0.29) is 24.8 Å². The first kappa shape index (κ1) is 12.4. The Balaban J connectivity index is 2.55. The van der Waals surface area contributed by atoms with E-state index in [4.69, 9.17) is 0 Å². The molecule has 0 aliphatic heterocycles. The van der Waals surface area contributed by atoms with Gasteiger partial charge in [0.1, 0.15) is 5.41 Å². The molecule has 0 aromatic heterocycles. The highest BCUT2D eigenvalue weighted by atomic mass is 19.4. The SMILES string of the molecule is CCC1(O)CCC1(c1ccccc1)C(F)(F)F. The summed E-state index contributed by atoms with van der Waals surface area (Å²) in [7, 11) is 0. The van der Waals surface area contributed by atoms with E-state index in [1.807, 2.05) is 0 Å². The van der Waals surface area contributed by atoms with E-state index < -0.39 is 17.2 Å². The molecule has 1 saturated carbocycles. The minimum Gasteiger partial charge on any atom is -0.389 e. The zero-order chi connectivity index (χ0) is 12.7. The van der Waals surface area contributed by atoms with Gasteiger partial charge in [-0.25, -0.2) is 0 Å². The van der Waals surface area contributed by atoms with E-state index in [9.17, 15) is 18.3 Å². The predicted octanol–water partition coefficient (Wildman–Crippen LogP) is 3.42. The van der Waals surface area contributed by atoms with E-state index in [1.54, 1.807) is 25.1 Å². The van der Waals surface area contributed by atoms with Gasteiger partial charge in [0.25, 0.3) is 0 Å². The fourth-order valence-corrected chi connectivity index (χ4v) is 2.85. The maximum Gasteiger partial charge on any atom is 0.401 e. The minimum absolute atomic E-state index is 0.0369. The topological polar surface area (TPSA) is 20.2 Å². The fourth-order valence-electron chi connectivity index (χ4n) is 2.85. The molecule has 1 aliphatic rings. The molecule has 1 aromatic rings. The van der Waals surface area contributed by atoms with Gasteiger partial charge in [-0.15, -0.1) is 0 Å². The molecule has 0 radical (unpaired) electrons. The van der Waals surface area contributed by atoms with Gasteiger partial charge in [-0.2, -0.15) is 13.2 Å². The van der Waals surface area contributed by atoms with Crippen molar-refractivity contribution in [1.29, 1.82) is 0 Å². The number of alkyl halides is 3. The van der Waals surface area contributed by atoms with Crippen molar-refractivity contribution >= 4 is 0 Å². The van der Waals surface area contributed by atoms with Crippen molar-refractivity contribution in [2.45, 2.75) is 43.4 Å². The van der Waals surface area contributed by atoms with Crippen LogP contribution in [-0.4, -0.2) is 16.9 Å². The quantitative estimate of drug-likeness (QED) is 0.845. The standard InChI is InChI=1S/C13H15F3O/c1-2-11(17)8-9-12(11,13(14,15)16)10-6-4-3-5-7-10/h3-7,17H,2,8-9H2,1H3. The van der Waals surface area contributed by atoms with Crippen LogP contribution in [0.15, 0.2) is 30.3 Å². The molecule has 17 heavy (non-hydrogen) atoms. The van der Waals surface area contributed by atoms with Crippen LogP contribution in [0.4, 0.5) is 13.2 Å². The highest BCUT2D eigenvalue weighted by Crippen LogP contribution is 2.61. The molecule has 0 amide bonds. The van der Waals surface area contributed by atoms with Crippen molar-refractivity contribution in [3.8, 4) is 0 Å². The minimum atomic E-state index is -4.42. The Morgan fingerprint density at radius 2 is 1.76 bits per heavy atom. The largest absolute Gasteiger partial charge is 0.401 e. The van der Waals surface area contributed by atoms with E-state index in [2.05, 4.69) is 0 Å². The Bertz CT molecular complexity index is 397. The number of hydrogen-bond acceptors (Lipinski definition) is 1. The third-order valence-electron chi connectivity index (χ3n) is 4.04. The average Bonchev–Trinajstić information content (AvgIpc) is 2.26. The maximum atomic E-state index is 13.4. The summed E-state index contributed by atoms with van der Waals surface area (Å²) < 4.78 is 40.1. The normalized spacial score (nSPS) is 33.2. The van der Waals surface area contributed by atoms with E-state index in [0.717, 1.165) is 0 Å². The molecule has 2 unspecified atom stereocenters. The lowest BCUT2D eigenvalue weighted by Crippen LogP contribution is -2.67. The second-order valence-electron chi connectivity index (χ2n) is 4.65. The van der Waals surface area contributed by atoms with Gasteiger partial charge in [0.2, 0.25) is 0 Å². The Hall–Kier alpha value is -1.03. The van der Waals surface area contributed by atoms with Crippen molar-refractivity contribution in [3.63, 3.8) is 0 Å². The maximum absolute atomic E-state index is 13.4. The van der Waals surface area contributed by atoms with E-state index in [1.165, 1.54) is 12.1 Å². The zero-order valence-corrected chi connectivity index (χ0v) is 9.59. The van der Waals surface area contributed by atoms with Crippen LogP contribution >= 0.6 is 0 Å². The molecule has 0 bridgehead atoms. The lowest BCUT2D eigenvalue weighted by molar-refractivity contribution is -0.287. The van der Waals surface area contributed by atoms with Crippen molar-refractivity contribution in [1.82, 2.24) is 0 Å². The van der Waals surface area contributed by atoms with Gasteiger partial charge >= 0.3 is 6.18 Å². The van der Waals surface area contributed by atoms with Gasteiger partial charge in [0.15, 0.2) is 0 Å². The summed E-state index contributed by atoms with van der Waals surface area (Å²) in [4.78, 5) is 0. The molecular weight excluding hydrogens is 229 g/mol. The Morgan fingerprint density at radius 3 is 2.12 bits per heavy atom. The first-order valence-electron chi connectivity index (χ1n) is 5.72. The lowest BCUT2D eigenvalue weighted by Gasteiger charge is -2.56. The molecule has 2 rings (SSSR count). The molecule has 1 aromatic carbocycles. The summed E-state index contributed by atoms with van der Waals surface area (Å²) in [5.41, 5.74) is -3.58. The lowest BCUT2D eigenvalue weighted by atomic mass is 9.52. The number of hydrogen-bond donors (Lipinski definition) is 1. The van der Waals surface area contributed by atoms with Crippen LogP contribution in [0.1, 0.15) is 31.7 Å². The number of rotatable bonds is 2. The molecule has 0 heterocycles. The molecule has 1 nitrogen and oxygen atoms in total. The molecule has 0 saturated heterocycles. The summed E-state index contributed by atoms with van der Waals surface area (Å²) in [5.74, 6) is 0. The van der Waals surface area contributed by atoms with Crippen molar-refractivity contribution in [2.75, 3.05) is 0 Å². The molecular formula is C13H15F3O. The molecule has 2 atom stereocenters. The van der Waals surface area contributed by atoms with Crippen LogP contribution in [-0.2, 0) is 5.41 Å². The molecule has 0 spiro atoms. The smallest absolute Gasteiger partial charge is 0.389 e. The van der Waals surface area contributed by atoms with Crippen molar-refractivity contribution in [3.05, 3.63) is 35.9 Å². The highest BCUT2D eigenvalue weighted by Gasteiger charge is 2.71. The summed E-state index contributed by atoms with van der Waals surface area (Å²) >= 11 is 0. The highest BCUT2D eigenvalue weighted by molar-refractivity contribution is 5.36. The Kier molecular flexibility index (Phi) is 2.73. The first-order valence-corrected chi connectivity index (χ1v) is 5.72. The summed E-state index contributed by atoms with van der Waals surface area (Å²) in [5, 5.41) is 10.2. The van der Waals surface area contributed by atoms with Gasteiger partial charge in [0, 0.05) is 0 Å². The van der Waals surface area contributed by atoms with Crippen LogP contribution in [0, 0.1) is 0 Å². The third-order valence-corrected chi connectivity index (χ3v) is 4.04. The average molecular weight is 244 g/mol. The van der Waals surface area contributed by atoms with Gasteiger partial charge in [-0.1, -0.05) is 37.3 Å². The molecule has 1 N–H and O–H groups in total. The van der Waals surface area contributed by atoms with Crippen LogP contribution in [0.5, 0.6) is 0 Å². The Labute approximate surface area is 98.3 Å². The monoisotopic (exact) mass is 244 g/mol. The fraction of sp³-hybridized carbons (Fsp3) is 0.538. The number of aliphatic hydroxyl groups is 1. The van der Waals surface area contributed by atoms with Gasteiger partial charge < -0.3 is 5.11 Å². The molecule has 1 aliphatic carbocycles. The number of halogens is 3. The summed E-state index contributed by atoms with van der Waals surface area (Å²) in [6.07, 6.45) is -4.14. The van der Waals surface area contributed by atoms with Crippen molar-refractivity contribution < 1.29 is 18.3 Å². The summed E-state index contributed by atoms with van der Waals surface area (Å²) in [6.45, 7) is 1.60. The van der Waals surface area contributed by atoms with Gasteiger partial charge in [0.05, 0.1) is 5.60 Å². The summed E-state index contributed by atoms with van der Waals surface area (Å²) in [6, 6.07) is 7.74. The van der Waals surface area contributed by atoms with Crippen LogP contribution in [0.3, 0.4) is 0 Å². The second-order valence-corrected chi connectivity index (χ2v) is 4.65. The Morgan fingerprint density at radius 1 is 1.18 bits per heavy atom. The molecule has 94 valence electrons. The zero-order valence-electron chi connectivity index (χ0n) is 9.59. The van der Waals surface area contributed by atoms with Crippen LogP contribution < -0.4 is 0 Å². The predicted molar refractivity (Wildman–Crippen MR) is 58.6 cm³/mol. The van der Waals surface area contributed by atoms with Crippen LogP contribution in [0.2, 0.25) is 0 Å². The van der Waals surface area contributed by atoms with E-state index >= 15 is 0 Å². The van der Waals surface area contributed by atoms with Gasteiger partial charge in [-0.3, -0.25) is 0 Å². The van der Waals surface area contributed by atoms with E-state index in [0.29, 0.717) is 0 Å². The van der Waals surface area contributed by atoms with Crippen molar-refractivity contribution in [2.24, 2.45) is 0 Å². The second kappa shape index (κ2) is 3.73.